The number of aryl methyl sites for hydroxylation is 2. The normalized spacial score (nSPS) is 19.9. The van der Waals surface area contributed by atoms with E-state index in [4.69, 9.17) is 4.42 Å². The first-order valence-electron chi connectivity index (χ1n) is 26.2. The van der Waals surface area contributed by atoms with Crippen LogP contribution >= 0.6 is 0 Å². The molecule has 4 heteroatoms. The van der Waals surface area contributed by atoms with Gasteiger partial charge in [0, 0.05) is 44.9 Å². The second kappa shape index (κ2) is 13.9. The molecule has 0 fully saturated rings. The highest BCUT2D eigenvalue weighted by atomic mass is 16.3. The summed E-state index contributed by atoms with van der Waals surface area (Å²) in [7, 11) is 0. The van der Waals surface area contributed by atoms with Gasteiger partial charge in [0.05, 0.1) is 0 Å². The van der Waals surface area contributed by atoms with Crippen molar-refractivity contribution in [2.24, 2.45) is 0 Å². The van der Waals surface area contributed by atoms with Gasteiger partial charge < -0.3 is 14.2 Å². The highest BCUT2D eigenvalue weighted by molar-refractivity contribution is 7.00. The number of hydrogen-bond acceptors (Lipinski definition) is 3. The maximum absolute atomic E-state index is 6.53. The van der Waals surface area contributed by atoms with Gasteiger partial charge in [-0.05, 0) is 199 Å². The number of rotatable bonds is 3. The average Bonchev–Trinajstić information content (AvgIpc) is 3.83. The van der Waals surface area contributed by atoms with Crippen molar-refractivity contribution in [1.29, 1.82) is 0 Å². The Kier molecular flexibility index (Phi) is 8.73. The van der Waals surface area contributed by atoms with E-state index in [1.54, 1.807) is 0 Å². The lowest BCUT2D eigenvalue weighted by atomic mass is 9.33. The third-order valence-corrected chi connectivity index (χ3v) is 18.4. The Labute approximate surface area is 417 Å². The Morgan fingerprint density at radius 2 is 1.01 bits per heavy atom. The van der Waals surface area contributed by atoms with Gasteiger partial charge in [0.15, 0.2) is 0 Å². The molecule has 0 N–H and O–H groups in total. The molecule has 8 aromatic rings. The summed E-state index contributed by atoms with van der Waals surface area (Å²) in [5, 5.41) is 2.34. The Bertz CT molecular complexity index is 3610. The number of benzene rings is 7. The summed E-state index contributed by atoms with van der Waals surface area (Å²) >= 11 is 0. The van der Waals surface area contributed by atoms with Crippen LogP contribution in [-0.2, 0) is 32.5 Å². The van der Waals surface area contributed by atoms with Crippen LogP contribution in [0.3, 0.4) is 0 Å². The molecule has 0 saturated carbocycles. The van der Waals surface area contributed by atoms with Gasteiger partial charge in [0.1, 0.15) is 11.2 Å². The molecule has 0 radical (unpaired) electrons. The summed E-state index contributed by atoms with van der Waals surface area (Å²) in [4.78, 5) is 5.37. The van der Waals surface area contributed by atoms with Gasteiger partial charge in [0.25, 0.3) is 6.71 Å². The first-order chi connectivity index (χ1) is 33.0. The zero-order valence-corrected chi connectivity index (χ0v) is 44.2. The quantitative estimate of drug-likeness (QED) is 0.165. The molecule has 3 nitrogen and oxygen atoms in total. The maximum atomic E-state index is 6.53. The van der Waals surface area contributed by atoms with Crippen LogP contribution in [0.4, 0.5) is 34.1 Å². The minimum atomic E-state index is -0.00808. The van der Waals surface area contributed by atoms with Crippen molar-refractivity contribution in [3.05, 3.63) is 160 Å². The minimum absolute atomic E-state index is 0.00808. The number of fused-ring (bicyclic) bond motifs is 10. The monoisotopic (exact) mass is 917 g/mol. The fourth-order valence-electron chi connectivity index (χ4n) is 15.4. The fraction of sp³-hybridized carbons (Fsp3) is 0.364. The van der Waals surface area contributed by atoms with Gasteiger partial charge in [0.2, 0.25) is 0 Å². The molecule has 352 valence electrons. The van der Waals surface area contributed by atoms with Crippen molar-refractivity contribution in [3.63, 3.8) is 0 Å². The summed E-state index contributed by atoms with van der Waals surface area (Å²) in [5.74, 6) is 0. The Balaban J connectivity index is 1.15. The minimum Gasteiger partial charge on any atom is -0.456 e. The van der Waals surface area contributed by atoms with Crippen molar-refractivity contribution in [1.82, 2.24) is 0 Å². The van der Waals surface area contributed by atoms with E-state index in [9.17, 15) is 0 Å². The number of nitrogens with zero attached hydrogens (tertiary/aromatic N) is 2. The van der Waals surface area contributed by atoms with Crippen LogP contribution in [0.2, 0.25) is 0 Å². The lowest BCUT2D eigenvalue weighted by Crippen LogP contribution is -2.61. The molecule has 0 saturated heterocycles. The van der Waals surface area contributed by atoms with Gasteiger partial charge in [-0.15, -0.1) is 0 Å². The number of furan rings is 1. The predicted octanol–water partition coefficient (Wildman–Crippen LogP) is 16.2. The first kappa shape index (κ1) is 44.0. The molecule has 3 heterocycles. The zero-order chi connectivity index (χ0) is 49.0. The van der Waals surface area contributed by atoms with Crippen molar-refractivity contribution < 1.29 is 4.42 Å². The van der Waals surface area contributed by atoms with Crippen LogP contribution in [0.25, 0.3) is 33.1 Å². The molecule has 2 aliphatic heterocycles. The van der Waals surface area contributed by atoms with Gasteiger partial charge in [-0.2, -0.15) is 0 Å². The van der Waals surface area contributed by atoms with E-state index in [1.165, 1.54) is 124 Å². The molecule has 7 aromatic carbocycles. The standard InChI is InChI=1S/C66H69BN2O/c1-38-28-55-60-56(29-38)69(53-34-48-45(30-39(53)2)61(3,4)26-27-62(48,5)6)52-25-22-40(42-19-17-21-58-59(42)43-18-15-16-20-57(43)70-58)31-50(52)67(60)51-33-47-49(66(13,14)37-65(47,11)12)35-54(51)68(55)41-23-24-44-46(32-41)64(9,10)36-63(44,7)8/h15-25,28-35H,26-27,36-37H2,1-14H3. The van der Waals surface area contributed by atoms with E-state index in [0.29, 0.717) is 0 Å². The third-order valence-electron chi connectivity index (χ3n) is 18.4. The molecule has 0 atom stereocenters. The molecule has 5 aliphatic rings. The highest BCUT2D eigenvalue weighted by Crippen LogP contribution is 2.56. The summed E-state index contributed by atoms with van der Waals surface area (Å²) in [6.07, 6.45) is 4.61. The van der Waals surface area contributed by atoms with Crippen LogP contribution in [0.15, 0.2) is 120 Å². The lowest BCUT2D eigenvalue weighted by molar-refractivity contribution is 0.332. The molecule has 0 unspecified atom stereocenters. The van der Waals surface area contributed by atoms with Crippen LogP contribution in [0.5, 0.6) is 0 Å². The summed E-state index contributed by atoms with van der Waals surface area (Å²) in [6, 6.07) is 45.5. The van der Waals surface area contributed by atoms with E-state index >= 15 is 0 Å². The van der Waals surface area contributed by atoms with Gasteiger partial charge in [-0.1, -0.05) is 144 Å². The molecular formula is C66H69BN2O. The number of hydrogen-bond donors (Lipinski definition) is 0. The van der Waals surface area contributed by atoms with Crippen molar-refractivity contribution in [2.75, 3.05) is 9.80 Å². The van der Waals surface area contributed by atoms with E-state index < -0.39 is 0 Å². The van der Waals surface area contributed by atoms with Crippen molar-refractivity contribution in [2.45, 2.75) is 155 Å². The third kappa shape index (κ3) is 6.01. The largest absolute Gasteiger partial charge is 0.456 e. The van der Waals surface area contributed by atoms with E-state index in [1.807, 2.05) is 0 Å². The molecule has 0 bridgehead atoms. The summed E-state index contributed by atoms with van der Waals surface area (Å²) in [6.45, 7) is 34.2. The molecular weight excluding hydrogens is 848 g/mol. The Morgan fingerprint density at radius 3 is 1.73 bits per heavy atom. The molecule has 3 aliphatic carbocycles. The average molecular weight is 917 g/mol. The highest BCUT2D eigenvalue weighted by Gasteiger charge is 2.50. The zero-order valence-electron chi connectivity index (χ0n) is 44.2. The Morgan fingerprint density at radius 1 is 0.443 bits per heavy atom. The second-order valence-electron chi connectivity index (χ2n) is 26.4. The van der Waals surface area contributed by atoms with E-state index in [0.717, 1.165) is 29.4 Å². The number of para-hydroxylation sites is 1. The SMILES string of the molecule is Cc1cc2c3c(c1)N(c1cc4c(cc1C)C(C)(C)CCC4(C)C)c1ccc(-c4cccc5oc6ccccc6c45)cc1B3c1cc3c(cc1N2c1ccc2c(c1)C(C)(C)CC2(C)C)C(C)(C)CC3(C)C. The first-order valence-corrected chi connectivity index (χ1v) is 26.2. The lowest BCUT2D eigenvalue weighted by Gasteiger charge is -2.46. The predicted molar refractivity (Wildman–Crippen MR) is 299 cm³/mol. The smallest absolute Gasteiger partial charge is 0.252 e. The van der Waals surface area contributed by atoms with Crippen LogP contribution in [0.1, 0.15) is 153 Å². The van der Waals surface area contributed by atoms with Crippen molar-refractivity contribution in [3.8, 4) is 11.1 Å². The second-order valence-corrected chi connectivity index (χ2v) is 26.4. The van der Waals surface area contributed by atoms with Crippen LogP contribution in [-0.4, -0.2) is 6.71 Å². The molecule has 1 aromatic heterocycles. The fourth-order valence-corrected chi connectivity index (χ4v) is 15.4. The molecule has 70 heavy (non-hydrogen) atoms. The van der Waals surface area contributed by atoms with Crippen LogP contribution < -0.4 is 26.2 Å². The van der Waals surface area contributed by atoms with Crippen LogP contribution in [0, 0.1) is 13.8 Å². The van der Waals surface area contributed by atoms with Crippen molar-refractivity contribution >= 4 is 79.2 Å². The molecule has 0 spiro atoms. The Hall–Kier alpha value is -6.00. The van der Waals surface area contributed by atoms with Gasteiger partial charge in [-0.25, -0.2) is 0 Å². The van der Waals surface area contributed by atoms with Gasteiger partial charge in [-0.3, -0.25) is 0 Å². The van der Waals surface area contributed by atoms with E-state index in [2.05, 4.69) is 222 Å². The maximum Gasteiger partial charge on any atom is 0.252 e. The topological polar surface area (TPSA) is 19.6 Å². The molecule has 0 amide bonds. The summed E-state index contributed by atoms with van der Waals surface area (Å²) in [5.41, 5.74) is 28.1. The van der Waals surface area contributed by atoms with E-state index in [-0.39, 0.29) is 39.2 Å². The number of anilines is 6. The molecule has 13 rings (SSSR count). The summed E-state index contributed by atoms with van der Waals surface area (Å²) < 4.78 is 6.53. The van der Waals surface area contributed by atoms with Gasteiger partial charge >= 0.3 is 0 Å².